The van der Waals surface area contributed by atoms with Gasteiger partial charge in [-0.15, -0.1) is 0 Å². The SMILES string of the molecule is CC1CCN(C/C=C/c2ccc(Br)cc2)CC1. The molecule has 0 atom stereocenters. The summed E-state index contributed by atoms with van der Waals surface area (Å²) in [4.78, 5) is 2.54. The molecule has 0 radical (unpaired) electrons. The predicted octanol–water partition coefficient (Wildman–Crippen LogP) is 4.19. The molecule has 1 aliphatic rings. The van der Waals surface area contributed by atoms with Gasteiger partial charge in [0, 0.05) is 11.0 Å². The maximum Gasteiger partial charge on any atom is 0.0175 e. The van der Waals surface area contributed by atoms with E-state index in [4.69, 9.17) is 0 Å². The molecule has 1 aromatic rings. The summed E-state index contributed by atoms with van der Waals surface area (Å²) in [5, 5.41) is 0. The van der Waals surface area contributed by atoms with Gasteiger partial charge in [0.05, 0.1) is 0 Å². The first-order valence-electron chi connectivity index (χ1n) is 6.38. The zero-order valence-electron chi connectivity index (χ0n) is 10.4. The number of halogens is 1. The van der Waals surface area contributed by atoms with Crippen molar-refractivity contribution in [3.05, 3.63) is 40.4 Å². The van der Waals surface area contributed by atoms with E-state index in [2.05, 4.69) is 64.2 Å². The molecule has 0 aliphatic carbocycles. The zero-order valence-corrected chi connectivity index (χ0v) is 12.0. The molecular formula is C15H20BrN. The second kappa shape index (κ2) is 6.36. The highest BCUT2D eigenvalue weighted by Gasteiger charge is 2.13. The minimum Gasteiger partial charge on any atom is -0.300 e. The van der Waals surface area contributed by atoms with E-state index in [1.54, 1.807) is 0 Å². The lowest BCUT2D eigenvalue weighted by Crippen LogP contribution is -2.32. The fraction of sp³-hybridized carbons (Fsp3) is 0.467. The first kappa shape index (κ1) is 12.8. The average Bonchev–Trinajstić information content (AvgIpc) is 2.34. The molecule has 0 unspecified atom stereocenters. The molecule has 0 saturated carbocycles. The Morgan fingerprint density at radius 1 is 1.24 bits per heavy atom. The molecule has 1 heterocycles. The third-order valence-corrected chi connectivity index (χ3v) is 3.95. The normalized spacial score (nSPS) is 18.9. The molecule has 1 aromatic carbocycles. The summed E-state index contributed by atoms with van der Waals surface area (Å²) in [7, 11) is 0. The van der Waals surface area contributed by atoms with E-state index in [9.17, 15) is 0 Å². The van der Waals surface area contributed by atoms with Crippen molar-refractivity contribution in [3.8, 4) is 0 Å². The van der Waals surface area contributed by atoms with Gasteiger partial charge >= 0.3 is 0 Å². The molecule has 0 amide bonds. The van der Waals surface area contributed by atoms with Crippen LogP contribution in [0.1, 0.15) is 25.3 Å². The zero-order chi connectivity index (χ0) is 12.1. The van der Waals surface area contributed by atoms with Crippen LogP contribution >= 0.6 is 15.9 Å². The Morgan fingerprint density at radius 3 is 2.53 bits per heavy atom. The summed E-state index contributed by atoms with van der Waals surface area (Å²) in [6.07, 6.45) is 7.20. The van der Waals surface area contributed by atoms with Crippen LogP contribution in [0, 0.1) is 5.92 Å². The number of likely N-dealkylation sites (tertiary alicyclic amines) is 1. The van der Waals surface area contributed by atoms with Crippen LogP contribution in [-0.4, -0.2) is 24.5 Å². The van der Waals surface area contributed by atoms with Crippen LogP contribution in [0.15, 0.2) is 34.8 Å². The van der Waals surface area contributed by atoms with Gasteiger partial charge in [0.2, 0.25) is 0 Å². The predicted molar refractivity (Wildman–Crippen MR) is 78.0 cm³/mol. The van der Waals surface area contributed by atoms with Gasteiger partial charge in [0.1, 0.15) is 0 Å². The van der Waals surface area contributed by atoms with E-state index in [-0.39, 0.29) is 0 Å². The van der Waals surface area contributed by atoms with E-state index < -0.39 is 0 Å². The summed E-state index contributed by atoms with van der Waals surface area (Å²) in [6.45, 7) is 5.95. The third-order valence-electron chi connectivity index (χ3n) is 3.42. The highest BCUT2D eigenvalue weighted by atomic mass is 79.9. The highest BCUT2D eigenvalue weighted by molar-refractivity contribution is 9.10. The molecule has 1 nitrogen and oxygen atoms in total. The molecule has 1 aliphatic heterocycles. The molecule has 17 heavy (non-hydrogen) atoms. The fourth-order valence-corrected chi connectivity index (χ4v) is 2.42. The molecule has 0 N–H and O–H groups in total. The lowest BCUT2D eigenvalue weighted by Gasteiger charge is -2.29. The number of benzene rings is 1. The Bertz CT molecular complexity index is 361. The minimum absolute atomic E-state index is 0.918. The second-order valence-electron chi connectivity index (χ2n) is 4.94. The first-order valence-corrected chi connectivity index (χ1v) is 7.18. The molecule has 0 bridgehead atoms. The van der Waals surface area contributed by atoms with E-state index >= 15 is 0 Å². The Kier molecular flexibility index (Phi) is 4.81. The fourth-order valence-electron chi connectivity index (χ4n) is 2.16. The van der Waals surface area contributed by atoms with Crippen LogP contribution in [0.2, 0.25) is 0 Å². The van der Waals surface area contributed by atoms with Crippen molar-refractivity contribution in [2.75, 3.05) is 19.6 Å². The Balaban J connectivity index is 1.79. The Labute approximate surface area is 113 Å². The third kappa shape index (κ3) is 4.29. The summed E-state index contributed by atoms with van der Waals surface area (Å²) in [5.74, 6) is 0.918. The number of piperidine rings is 1. The molecule has 1 saturated heterocycles. The number of hydrogen-bond acceptors (Lipinski definition) is 1. The number of nitrogens with zero attached hydrogens (tertiary/aromatic N) is 1. The molecule has 92 valence electrons. The van der Waals surface area contributed by atoms with Gasteiger partial charge in [-0.3, -0.25) is 4.90 Å². The molecule has 0 spiro atoms. The van der Waals surface area contributed by atoms with Gasteiger partial charge in [-0.25, -0.2) is 0 Å². The molecule has 2 rings (SSSR count). The van der Waals surface area contributed by atoms with Gasteiger partial charge in [0.25, 0.3) is 0 Å². The summed E-state index contributed by atoms with van der Waals surface area (Å²) in [6, 6.07) is 8.45. The van der Waals surface area contributed by atoms with Gasteiger partial charge in [0.15, 0.2) is 0 Å². The van der Waals surface area contributed by atoms with Crippen LogP contribution in [0.3, 0.4) is 0 Å². The van der Waals surface area contributed by atoms with Crippen molar-refractivity contribution < 1.29 is 0 Å². The summed E-state index contributed by atoms with van der Waals surface area (Å²) < 4.78 is 1.14. The summed E-state index contributed by atoms with van der Waals surface area (Å²) in [5.41, 5.74) is 1.28. The van der Waals surface area contributed by atoms with Gasteiger partial charge in [-0.1, -0.05) is 47.1 Å². The Morgan fingerprint density at radius 2 is 1.88 bits per heavy atom. The minimum atomic E-state index is 0.918. The standard InChI is InChI=1S/C15H20BrN/c1-13-8-11-17(12-9-13)10-2-3-14-4-6-15(16)7-5-14/h2-7,13H,8-12H2,1H3/b3-2+. The van der Waals surface area contributed by atoms with E-state index in [1.807, 2.05) is 0 Å². The van der Waals surface area contributed by atoms with Crippen molar-refractivity contribution in [2.24, 2.45) is 5.92 Å². The van der Waals surface area contributed by atoms with Crippen LogP contribution in [0.5, 0.6) is 0 Å². The maximum absolute atomic E-state index is 3.45. The lowest BCUT2D eigenvalue weighted by atomic mass is 9.99. The average molecular weight is 294 g/mol. The van der Waals surface area contributed by atoms with E-state index in [1.165, 1.54) is 31.5 Å². The van der Waals surface area contributed by atoms with Crippen molar-refractivity contribution in [3.63, 3.8) is 0 Å². The van der Waals surface area contributed by atoms with E-state index in [0.29, 0.717) is 0 Å². The molecule has 1 fully saturated rings. The maximum atomic E-state index is 3.45. The molecular weight excluding hydrogens is 274 g/mol. The van der Waals surface area contributed by atoms with E-state index in [0.717, 1.165) is 16.9 Å². The molecule has 0 aromatic heterocycles. The van der Waals surface area contributed by atoms with Crippen LogP contribution < -0.4 is 0 Å². The monoisotopic (exact) mass is 293 g/mol. The smallest absolute Gasteiger partial charge is 0.0175 e. The highest BCUT2D eigenvalue weighted by Crippen LogP contribution is 2.16. The number of hydrogen-bond donors (Lipinski definition) is 0. The number of rotatable bonds is 3. The van der Waals surface area contributed by atoms with Crippen molar-refractivity contribution >= 4 is 22.0 Å². The summed E-state index contributed by atoms with van der Waals surface area (Å²) >= 11 is 3.45. The van der Waals surface area contributed by atoms with Gasteiger partial charge < -0.3 is 0 Å². The van der Waals surface area contributed by atoms with Crippen molar-refractivity contribution in [1.82, 2.24) is 4.90 Å². The van der Waals surface area contributed by atoms with Gasteiger partial charge in [-0.05, 0) is 49.5 Å². The Hall–Kier alpha value is -0.600. The van der Waals surface area contributed by atoms with Gasteiger partial charge in [-0.2, -0.15) is 0 Å². The van der Waals surface area contributed by atoms with Crippen molar-refractivity contribution in [1.29, 1.82) is 0 Å². The van der Waals surface area contributed by atoms with Crippen LogP contribution in [0.4, 0.5) is 0 Å². The van der Waals surface area contributed by atoms with Crippen LogP contribution in [-0.2, 0) is 0 Å². The second-order valence-corrected chi connectivity index (χ2v) is 5.85. The first-order chi connectivity index (χ1) is 8.24. The topological polar surface area (TPSA) is 3.24 Å². The van der Waals surface area contributed by atoms with Crippen molar-refractivity contribution in [2.45, 2.75) is 19.8 Å². The lowest BCUT2D eigenvalue weighted by molar-refractivity contribution is 0.210. The van der Waals surface area contributed by atoms with Crippen LogP contribution in [0.25, 0.3) is 6.08 Å². The largest absolute Gasteiger partial charge is 0.300 e. The molecule has 2 heteroatoms. The quantitative estimate of drug-likeness (QED) is 0.808.